The van der Waals surface area contributed by atoms with Gasteiger partial charge in [-0.2, -0.15) is 20.2 Å². The first kappa shape index (κ1) is 10.7. The number of hydrogen-bond acceptors (Lipinski definition) is 5. The van der Waals surface area contributed by atoms with Crippen LogP contribution in [0.3, 0.4) is 0 Å². The van der Waals surface area contributed by atoms with Crippen molar-refractivity contribution in [3.63, 3.8) is 0 Å². The van der Waals surface area contributed by atoms with E-state index < -0.39 is 0 Å². The molecule has 7 nitrogen and oxygen atoms in total. The average Bonchev–Trinajstić information content (AvgIpc) is 3.05. The fraction of sp³-hybridized carbons (Fsp3) is 0.273. The molecule has 0 aliphatic heterocycles. The van der Waals surface area contributed by atoms with E-state index in [1.165, 1.54) is 0 Å². The Kier molecular flexibility index (Phi) is 2.64. The summed E-state index contributed by atoms with van der Waals surface area (Å²) in [5.41, 5.74) is 0.703. The molecule has 0 saturated heterocycles. The van der Waals surface area contributed by atoms with Gasteiger partial charge in [0.05, 0.1) is 11.6 Å². The van der Waals surface area contributed by atoms with E-state index in [4.69, 9.17) is 0 Å². The second-order valence-corrected chi connectivity index (χ2v) is 3.88. The lowest BCUT2D eigenvalue weighted by Crippen LogP contribution is -2.08. The van der Waals surface area contributed by atoms with Gasteiger partial charge in [0.2, 0.25) is 5.95 Å². The number of aromatic nitrogens is 6. The van der Waals surface area contributed by atoms with E-state index >= 15 is 0 Å². The zero-order valence-corrected chi connectivity index (χ0v) is 9.96. The third-order valence-corrected chi connectivity index (χ3v) is 2.54. The first-order chi connectivity index (χ1) is 8.88. The van der Waals surface area contributed by atoms with Crippen LogP contribution in [0.4, 0.5) is 5.95 Å². The number of H-pyrrole nitrogens is 1. The molecule has 2 N–H and O–H groups in total. The van der Waals surface area contributed by atoms with Gasteiger partial charge in [-0.15, -0.1) is 0 Å². The lowest BCUT2D eigenvalue weighted by atomic mass is 10.4. The van der Waals surface area contributed by atoms with Crippen LogP contribution in [0.25, 0.3) is 16.9 Å². The van der Waals surface area contributed by atoms with Crippen LogP contribution < -0.4 is 5.32 Å². The van der Waals surface area contributed by atoms with Crippen LogP contribution in [-0.4, -0.2) is 36.5 Å². The fourth-order valence-electron chi connectivity index (χ4n) is 1.70. The number of hydrogen-bond donors (Lipinski definition) is 2. The molecular weight excluding hydrogens is 230 g/mol. The van der Waals surface area contributed by atoms with E-state index in [-0.39, 0.29) is 0 Å². The van der Waals surface area contributed by atoms with Crippen LogP contribution >= 0.6 is 0 Å². The van der Waals surface area contributed by atoms with E-state index in [1.807, 2.05) is 12.3 Å². The molecular formula is C11H13N7. The Morgan fingerprint density at radius 1 is 1.39 bits per heavy atom. The minimum absolute atomic E-state index is 0.582. The van der Waals surface area contributed by atoms with Crippen LogP contribution in [0, 0.1) is 0 Å². The summed E-state index contributed by atoms with van der Waals surface area (Å²) in [7, 11) is 0. The number of nitrogens with zero attached hydrogens (tertiary/aromatic N) is 5. The predicted octanol–water partition coefficient (Wildman–Crippen LogP) is 1.36. The van der Waals surface area contributed by atoms with E-state index in [1.54, 1.807) is 17.1 Å². The summed E-state index contributed by atoms with van der Waals surface area (Å²) in [5, 5.41) is 15.1. The molecule has 0 aliphatic rings. The number of fused-ring (bicyclic) bond motifs is 1. The molecule has 0 saturated carbocycles. The second kappa shape index (κ2) is 4.44. The van der Waals surface area contributed by atoms with Crippen molar-refractivity contribution in [2.45, 2.75) is 13.3 Å². The first-order valence-electron chi connectivity index (χ1n) is 5.83. The molecule has 0 atom stereocenters. The number of aromatic amines is 1. The van der Waals surface area contributed by atoms with Crippen molar-refractivity contribution >= 4 is 17.0 Å². The highest BCUT2D eigenvalue weighted by Crippen LogP contribution is 2.18. The second-order valence-electron chi connectivity index (χ2n) is 3.88. The molecule has 18 heavy (non-hydrogen) atoms. The SMILES string of the molecule is CCCNc1nc(-n2cccn2)c2cn[nH]c2n1. The summed E-state index contributed by atoms with van der Waals surface area (Å²) in [6.07, 6.45) is 6.28. The quantitative estimate of drug-likeness (QED) is 0.722. The highest BCUT2D eigenvalue weighted by molar-refractivity contribution is 5.82. The zero-order valence-electron chi connectivity index (χ0n) is 9.96. The maximum absolute atomic E-state index is 4.47. The van der Waals surface area contributed by atoms with Crippen LogP contribution in [0.15, 0.2) is 24.7 Å². The van der Waals surface area contributed by atoms with Crippen LogP contribution in [0.2, 0.25) is 0 Å². The Hall–Kier alpha value is -2.44. The highest BCUT2D eigenvalue weighted by atomic mass is 15.3. The molecule has 3 rings (SSSR count). The van der Waals surface area contributed by atoms with Crippen molar-refractivity contribution in [2.75, 3.05) is 11.9 Å². The van der Waals surface area contributed by atoms with Gasteiger partial charge >= 0.3 is 0 Å². The summed E-state index contributed by atoms with van der Waals surface area (Å²) in [6, 6.07) is 1.85. The van der Waals surface area contributed by atoms with Crippen molar-refractivity contribution in [2.24, 2.45) is 0 Å². The van der Waals surface area contributed by atoms with Crippen LogP contribution in [-0.2, 0) is 0 Å². The summed E-state index contributed by atoms with van der Waals surface area (Å²) in [5.74, 6) is 1.30. The monoisotopic (exact) mass is 243 g/mol. The zero-order chi connectivity index (χ0) is 12.4. The lowest BCUT2D eigenvalue weighted by molar-refractivity contribution is 0.848. The number of rotatable bonds is 4. The maximum Gasteiger partial charge on any atom is 0.226 e. The van der Waals surface area contributed by atoms with Crippen LogP contribution in [0.1, 0.15) is 13.3 Å². The largest absolute Gasteiger partial charge is 0.354 e. The molecule has 0 unspecified atom stereocenters. The van der Waals surface area contributed by atoms with Gasteiger partial charge in [0.25, 0.3) is 0 Å². The van der Waals surface area contributed by atoms with Crippen molar-refractivity contribution < 1.29 is 0 Å². The van der Waals surface area contributed by atoms with E-state index in [0.717, 1.165) is 24.2 Å². The molecule has 7 heteroatoms. The fourth-order valence-corrected chi connectivity index (χ4v) is 1.70. The number of anilines is 1. The van der Waals surface area contributed by atoms with Gasteiger partial charge in [-0.1, -0.05) is 6.92 Å². The Labute approximate surface area is 103 Å². The van der Waals surface area contributed by atoms with E-state index in [9.17, 15) is 0 Å². The summed E-state index contributed by atoms with van der Waals surface area (Å²) < 4.78 is 1.71. The Morgan fingerprint density at radius 3 is 3.11 bits per heavy atom. The molecule has 3 heterocycles. The van der Waals surface area contributed by atoms with Gasteiger partial charge in [-0.3, -0.25) is 5.10 Å². The number of nitrogens with one attached hydrogen (secondary N) is 2. The predicted molar refractivity (Wildman–Crippen MR) is 67.6 cm³/mol. The van der Waals surface area contributed by atoms with Crippen molar-refractivity contribution in [1.29, 1.82) is 0 Å². The summed E-state index contributed by atoms with van der Waals surface area (Å²) >= 11 is 0. The van der Waals surface area contributed by atoms with Gasteiger partial charge in [0.15, 0.2) is 11.5 Å². The molecule has 3 aromatic heterocycles. The van der Waals surface area contributed by atoms with Gasteiger partial charge in [0, 0.05) is 18.9 Å². The molecule has 0 aromatic carbocycles. The molecule has 0 bridgehead atoms. The summed E-state index contributed by atoms with van der Waals surface area (Å²) in [4.78, 5) is 8.83. The minimum Gasteiger partial charge on any atom is -0.354 e. The Bertz CT molecular complexity index is 641. The minimum atomic E-state index is 0.582. The Balaban J connectivity index is 2.12. The molecule has 0 amide bonds. The molecule has 0 aliphatic carbocycles. The van der Waals surface area contributed by atoms with Crippen molar-refractivity contribution in [1.82, 2.24) is 29.9 Å². The smallest absolute Gasteiger partial charge is 0.226 e. The molecule has 0 fully saturated rings. The first-order valence-corrected chi connectivity index (χ1v) is 5.83. The van der Waals surface area contributed by atoms with Crippen LogP contribution in [0.5, 0.6) is 0 Å². The van der Waals surface area contributed by atoms with Gasteiger partial charge < -0.3 is 5.32 Å². The third kappa shape index (κ3) is 1.79. The third-order valence-electron chi connectivity index (χ3n) is 2.54. The standard InChI is InChI=1S/C11H13N7/c1-2-4-12-11-15-9-8(7-13-17-9)10(16-11)18-6-3-5-14-18/h3,5-7H,2,4H2,1H3,(H2,12,13,15,16,17). The lowest BCUT2D eigenvalue weighted by Gasteiger charge is -2.06. The van der Waals surface area contributed by atoms with Gasteiger partial charge in [-0.25, -0.2) is 4.68 Å². The summed E-state index contributed by atoms with van der Waals surface area (Å²) in [6.45, 7) is 2.92. The molecule has 92 valence electrons. The topological polar surface area (TPSA) is 84.3 Å². The normalized spacial score (nSPS) is 10.9. The molecule has 3 aromatic rings. The van der Waals surface area contributed by atoms with Crippen molar-refractivity contribution in [3.05, 3.63) is 24.7 Å². The molecule has 0 spiro atoms. The van der Waals surface area contributed by atoms with Gasteiger partial charge in [0.1, 0.15) is 0 Å². The Morgan fingerprint density at radius 2 is 2.33 bits per heavy atom. The average molecular weight is 243 g/mol. The van der Waals surface area contributed by atoms with Gasteiger partial charge in [-0.05, 0) is 12.5 Å². The van der Waals surface area contributed by atoms with E-state index in [2.05, 4.69) is 37.5 Å². The highest BCUT2D eigenvalue weighted by Gasteiger charge is 2.10. The van der Waals surface area contributed by atoms with Crippen molar-refractivity contribution in [3.8, 4) is 5.82 Å². The molecule has 0 radical (unpaired) electrons. The maximum atomic E-state index is 4.47. The van der Waals surface area contributed by atoms with E-state index in [0.29, 0.717) is 11.6 Å².